The van der Waals surface area contributed by atoms with E-state index in [1.54, 1.807) is 6.07 Å². The summed E-state index contributed by atoms with van der Waals surface area (Å²) in [6.07, 6.45) is 3.51. The maximum Gasteiger partial charge on any atom is 0.146 e. The number of hydrogen-bond acceptors (Lipinski definition) is 2. The topological polar surface area (TPSA) is 33.0 Å². The first-order chi connectivity index (χ1) is 9.26. The average molecular weight is 314 g/mol. The van der Waals surface area contributed by atoms with E-state index in [0.717, 1.165) is 23.1 Å². The highest BCUT2D eigenvalue weighted by molar-refractivity contribution is 9.10. The lowest BCUT2D eigenvalue weighted by Gasteiger charge is -2.09. The van der Waals surface area contributed by atoms with Crippen molar-refractivity contribution in [3.63, 3.8) is 0 Å². The molecule has 19 heavy (non-hydrogen) atoms. The van der Waals surface area contributed by atoms with Gasteiger partial charge in [0.25, 0.3) is 0 Å². The molecule has 0 saturated heterocycles. The molecule has 0 N–H and O–H groups in total. The summed E-state index contributed by atoms with van der Waals surface area (Å²) in [4.78, 5) is 0. The number of nitrogens with zero attached hydrogens (tertiary/aromatic N) is 1. The molecule has 94 valence electrons. The average Bonchev–Trinajstić information content (AvgIpc) is 2.86. The minimum Gasteiger partial charge on any atom is -0.456 e. The molecule has 3 heteroatoms. The van der Waals surface area contributed by atoms with Gasteiger partial charge in [-0.2, -0.15) is 5.26 Å². The van der Waals surface area contributed by atoms with Gasteiger partial charge in [-0.25, -0.2) is 0 Å². The molecule has 0 aromatic heterocycles. The Labute approximate surface area is 120 Å². The van der Waals surface area contributed by atoms with Crippen molar-refractivity contribution in [2.24, 2.45) is 0 Å². The normalized spacial score (nSPS) is 12.8. The molecule has 2 nitrogen and oxygen atoms in total. The number of fused-ring (bicyclic) bond motifs is 1. The maximum absolute atomic E-state index is 9.10. The number of aryl methyl sites for hydroxylation is 2. The van der Waals surface area contributed by atoms with Gasteiger partial charge in [-0.3, -0.25) is 0 Å². The lowest BCUT2D eigenvalue weighted by molar-refractivity contribution is 0.480. The molecule has 0 aliphatic heterocycles. The summed E-state index contributed by atoms with van der Waals surface area (Å²) in [7, 11) is 0. The monoisotopic (exact) mass is 313 g/mol. The number of nitriles is 1. The fourth-order valence-corrected chi connectivity index (χ4v) is 2.75. The van der Waals surface area contributed by atoms with E-state index in [1.807, 2.05) is 18.2 Å². The van der Waals surface area contributed by atoms with E-state index in [1.165, 1.54) is 17.5 Å². The largest absolute Gasteiger partial charge is 0.456 e. The Balaban J connectivity index is 1.93. The van der Waals surface area contributed by atoms with Crippen LogP contribution < -0.4 is 4.74 Å². The summed E-state index contributed by atoms with van der Waals surface area (Å²) < 4.78 is 6.76. The maximum atomic E-state index is 9.10. The second-order valence-corrected chi connectivity index (χ2v) is 5.55. The lowest BCUT2D eigenvalue weighted by Crippen LogP contribution is -1.90. The molecule has 0 spiro atoms. The van der Waals surface area contributed by atoms with E-state index in [2.05, 4.69) is 34.1 Å². The summed E-state index contributed by atoms with van der Waals surface area (Å²) in [5.41, 5.74) is 3.33. The molecule has 0 amide bonds. The summed E-state index contributed by atoms with van der Waals surface area (Å²) >= 11 is 3.40. The van der Waals surface area contributed by atoms with Gasteiger partial charge in [-0.1, -0.05) is 22.0 Å². The first kappa shape index (κ1) is 12.3. The van der Waals surface area contributed by atoms with Gasteiger partial charge in [0.1, 0.15) is 17.6 Å². The van der Waals surface area contributed by atoms with Crippen molar-refractivity contribution in [3.8, 4) is 17.6 Å². The molecule has 0 unspecified atom stereocenters. The van der Waals surface area contributed by atoms with E-state index in [4.69, 9.17) is 10.00 Å². The van der Waals surface area contributed by atoms with E-state index in [9.17, 15) is 0 Å². The zero-order valence-corrected chi connectivity index (χ0v) is 11.9. The van der Waals surface area contributed by atoms with Crippen LogP contribution in [0.4, 0.5) is 0 Å². The van der Waals surface area contributed by atoms with Gasteiger partial charge in [0.15, 0.2) is 0 Å². The molecule has 3 rings (SSSR count). The van der Waals surface area contributed by atoms with Gasteiger partial charge in [-0.15, -0.1) is 0 Å². The van der Waals surface area contributed by atoms with Crippen LogP contribution in [0.1, 0.15) is 23.1 Å². The van der Waals surface area contributed by atoms with Gasteiger partial charge in [0.05, 0.1) is 5.56 Å². The summed E-state index contributed by atoms with van der Waals surface area (Å²) in [5.74, 6) is 1.39. The number of ether oxygens (including phenoxy) is 1. The van der Waals surface area contributed by atoms with E-state index in [0.29, 0.717) is 11.3 Å². The predicted octanol–water partition coefficient (Wildman–Crippen LogP) is 4.60. The zero-order chi connectivity index (χ0) is 13.2. The van der Waals surface area contributed by atoms with Crippen LogP contribution in [0.5, 0.6) is 11.5 Å². The third-order valence-electron chi connectivity index (χ3n) is 3.36. The van der Waals surface area contributed by atoms with Crippen LogP contribution >= 0.6 is 15.9 Å². The van der Waals surface area contributed by atoms with Gasteiger partial charge in [0, 0.05) is 4.47 Å². The van der Waals surface area contributed by atoms with E-state index in [-0.39, 0.29) is 0 Å². The van der Waals surface area contributed by atoms with Crippen molar-refractivity contribution in [2.75, 3.05) is 0 Å². The fourth-order valence-electron chi connectivity index (χ4n) is 2.41. The number of halogens is 1. The van der Waals surface area contributed by atoms with Crippen LogP contribution in [0.3, 0.4) is 0 Å². The van der Waals surface area contributed by atoms with Gasteiger partial charge < -0.3 is 4.74 Å². The van der Waals surface area contributed by atoms with Crippen molar-refractivity contribution in [1.82, 2.24) is 0 Å². The van der Waals surface area contributed by atoms with Crippen LogP contribution in [0, 0.1) is 11.3 Å². The molecule has 0 radical (unpaired) electrons. The highest BCUT2D eigenvalue weighted by Crippen LogP contribution is 2.31. The number of rotatable bonds is 2. The zero-order valence-electron chi connectivity index (χ0n) is 10.3. The van der Waals surface area contributed by atoms with Crippen LogP contribution in [-0.4, -0.2) is 0 Å². The molecule has 0 fully saturated rings. The first-order valence-corrected chi connectivity index (χ1v) is 7.05. The molecule has 0 heterocycles. The van der Waals surface area contributed by atoms with Gasteiger partial charge in [-0.05, 0) is 60.7 Å². The van der Waals surface area contributed by atoms with Crippen LogP contribution in [-0.2, 0) is 12.8 Å². The Morgan fingerprint density at radius 3 is 2.74 bits per heavy atom. The van der Waals surface area contributed by atoms with E-state index >= 15 is 0 Å². The van der Waals surface area contributed by atoms with Crippen molar-refractivity contribution in [2.45, 2.75) is 19.3 Å². The highest BCUT2D eigenvalue weighted by atomic mass is 79.9. The minimum atomic E-state index is 0.545. The first-order valence-electron chi connectivity index (χ1n) is 6.25. The van der Waals surface area contributed by atoms with E-state index < -0.39 is 0 Å². The predicted molar refractivity (Wildman–Crippen MR) is 77.4 cm³/mol. The Morgan fingerprint density at radius 1 is 1.05 bits per heavy atom. The molecular weight excluding hydrogens is 302 g/mol. The summed E-state index contributed by atoms with van der Waals surface area (Å²) in [6, 6.07) is 13.8. The summed E-state index contributed by atoms with van der Waals surface area (Å²) in [6.45, 7) is 0. The minimum absolute atomic E-state index is 0.545. The molecule has 1 aliphatic rings. The van der Waals surface area contributed by atoms with Crippen LogP contribution in [0.25, 0.3) is 0 Å². The standard InChI is InChI=1S/C16H12BrNO/c17-14-6-4-13(10-18)16(9-14)19-15-7-5-11-2-1-3-12(11)8-15/h4-9H,1-3H2. The van der Waals surface area contributed by atoms with Gasteiger partial charge in [0.2, 0.25) is 0 Å². The smallest absolute Gasteiger partial charge is 0.146 e. The number of hydrogen-bond donors (Lipinski definition) is 0. The van der Waals surface area contributed by atoms with Crippen molar-refractivity contribution in [3.05, 3.63) is 57.6 Å². The molecule has 2 aromatic carbocycles. The Kier molecular flexibility index (Phi) is 3.27. The second kappa shape index (κ2) is 5.07. The molecule has 0 atom stereocenters. The Bertz CT molecular complexity index is 673. The third kappa shape index (κ3) is 2.50. The molecule has 0 saturated carbocycles. The Morgan fingerprint density at radius 2 is 1.89 bits per heavy atom. The highest BCUT2D eigenvalue weighted by Gasteiger charge is 2.12. The quantitative estimate of drug-likeness (QED) is 0.811. The Hall–Kier alpha value is -1.79. The van der Waals surface area contributed by atoms with Crippen LogP contribution in [0.2, 0.25) is 0 Å². The number of benzene rings is 2. The van der Waals surface area contributed by atoms with Crippen molar-refractivity contribution in [1.29, 1.82) is 5.26 Å². The van der Waals surface area contributed by atoms with Crippen LogP contribution in [0.15, 0.2) is 40.9 Å². The fraction of sp³-hybridized carbons (Fsp3) is 0.188. The SMILES string of the molecule is N#Cc1ccc(Br)cc1Oc1ccc2c(c1)CCC2. The van der Waals surface area contributed by atoms with Crippen molar-refractivity contribution >= 4 is 15.9 Å². The van der Waals surface area contributed by atoms with Crippen molar-refractivity contribution < 1.29 is 4.74 Å². The lowest BCUT2D eigenvalue weighted by atomic mass is 10.1. The molecule has 0 bridgehead atoms. The molecular formula is C16H12BrNO. The third-order valence-corrected chi connectivity index (χ3v) is 3.86. The molecule has 1 aliphatic carbocycles. The summed E-state index contributed by atoms with van der Waals surface area (Å²) in [5, 5.41) is 9.10. The van der Waals surface area contributed by atoms with Gasteiger partial charge >= 0.3 is 0 Å². The second-order valence-electron chi connectivity index (χ2n) is 4.64. The molecule has 2 aromatic rings.